The van der Waals surface area contributed by atoms with Crippen molar-refractivity contribution in [3.05, 3.63) is 58.2 Å². The highest BCUT2D eigenvalue weighted by atomic mass is 19.1. The van der Waals surface area contributed by atoms with Gasteiger partial charge in [-0.2, -0.15) is 0 Å². The Labute approximate surface area is 164 Å². The fourth-order valence-electron chi connectivity index (χ4n) is 4.47. The largest absolute Gasteiger partial charge is 0.343 e. The topological polar surface area (TPSA) is 68.3 Å². The van der Waals surface area contributed by atoms with Gasteiger partial charge in [-0.25, -0.2) is 4.39 Å². The molecule has 6 heteroatoms. The van der Waals surface area contributed by atoms with Crippen LogP contribution >= 0.6 is 0 Å². The summed E-state index contributed by atoms with van der Waals surface area (Å²) in [6.45, 7) is 3.83. The van der Waals surface area contributed by atoms with Crippen LogP contribution in [0.1, 0.15) is 52.1 Å². The molecule has 28 heavy (non-hydrogen) atoms. The van der Waals surface area contributed by atoms with E-state index < -0.39 is 0 Å². The van der Waals surface area contributed by atoms with Crippen LogP contribution in [0, 0.1) is 12.7 Å². The van der Waals surface area contributed by atoms with E-state index in [1.165, 1.54) is 12.1 Å². The van der Waals surface area contributed by atoms with E-state index in [9.17, 15) is 14.0 Å². The van der Waals surface area contributed by atoms with Crippen LogP contribution in [0.2, 0.25) is 0 Å². The van der Waals surface area contributed by atoms with E-state index in [2.05, 4.69) is 4.57 Å². The van der Waals surface area contributed by atoms with Crippen molar-refractivity contribution in [2.75, 3.05) is 13.1 Å². The number of ketones is 1. The van der Waals surface area contributed by atoms with Crippen molar-refractivity contribution in [3.63, 3.8) is 0 Å². The van der Waals surface area contributed by atoms with Crippen molar-refractivity contribution in [2.45, 2.75) is 51.6 Å². The van der Waals surface area contributed by atoms with E-state index in [1.807, 2.05) is 6.92 Å². The molecule has 1 unspecified atom stereocenters. The van der Waals surface area contributed by atoms with Crippen LogP contribution in [-0.2, 0) is 24.2 Å². The second-order valence-corrected chi connectivity index (χ2v) is 7.94. The first kappa shape index (κ1) is 18.9. The number of carbonyl (C=O) groups is 2. The number of aromatic nitrogens is 1. The Morgan fingerprint density at radius 1 is 1.25 bits per heavy atom. The summed E-state index contributed by atoms with van der Waals surface area (Å²) >= 11 is 0. The minimum atomic E-state index is -0.264. The highest BCUT2D eigenvalue weighted by Gasteiger charge is 2.31. The van der Waals surface area contributed by atoms with Crippen LogP contribution in [0.3, 0.4) is 0 Å². The third kappa shape index (κ3) is 3.49. The quantitative estimate of drug-likeness (QED) is 0.882. The maximum atomic E-state index is 13.2. The first-order chi connectivity index (χ1) is 13.4. The van der Waals surface area contributed by atoms with Crippen molar-refractivity contribution >= 4 is 11.7 Å². The molecule has 0 spiro atoms. The van der Waals surface area contributed by atoms with E-state index in [4.69, 9.17) is 5.73 Å². The predicted octanol–water partition coefficient (Wildman–Crippen LogP) is 2.61. The maximum absolute atomic E-state index is 13.2. The lowest BCUT2D eigenvalue weighted by Crippen LogP contribution is -2.33. The second-order valence-electron chi connectivity index (χ2n) is 7.94. The summed E-state index contributed by atoms with van der Waals surface area (Å²) in [6, 6.07) is 6.48. The van der Waals surface area contributed by atoms with Crippen LogP contribution in [-0.4, -0.2) is 40.3 Å². The van der Waals surface area contributed by atoms with Gasteiger partial charge >= 0.3 is 0 Å². The van der Waals surface area contributed by atoms with Crippen molar-refractivity contribution in [1.82, 2.24) is 9.47 Å². The van der Waals surface area contributed by atoms with Gasteiger partial charge in [0.15, 0.2) is 5.78 Å². The summed E-state index contributed by atoms with van der Waals surface area (Å²) < 4.78 is 15.4. The standard InChI is InChI=1S/C22H26FN3O2/c1-14-18(11-21(28)25-10-9-17(24)13-25)22-19(3-2-4-20(22)27)26(14)12-15-5-7-16(23)8-6-15/h5-8,17H,2-4,9-13,24H2,1H3. The molecule has 2 aromatic rings. The number of amides is 1. The summed E-state index contributed by atoms with van der Waals surface area (Å²) in [5.74, 6) is -0.0976. The third-order valence-electron chi connectivity index (χ3n) is 6.01. The number of nitrogens with two attached hydrogens (primary N) is 1. The van der Waals surface area contributed by atoms with E-state index in [0.717, 1.165) is 47.3 Å². The van der Waals surface area contributed by atoms with Crippen LogP contribution in [0.5, 0.6) is 0 Å². The van der Waals surface area contributed by atoms with Crippen LogP contribution in [0.15, 0.2) is 24.3 Å². The van der Waals surface area contributed by atoms with Gasteiger partial charge in [0.2, 0.25) is 5.91 Å². The zero-order chi connectivity index (χ0) is 19.8. The van der Waals surface area contributed by atoms with Crippen LogP contribution < -0.4 is 5.73 Å². The molecule has 1 aliphatic heterocycles. The zero-order valence-corrected chi connectivity index (χ0v) is 16.2. The summed E-state index contributed by atoms with van der Waals surface area (Å²) in [7, 11) is 0. The molecule has 4 rings (SSSR count). The minimum Gasteiger partial charge on any atom is -0.343 e. The Kier molecular flexibility index (Phi) is 5.06. The second kappa shape index (κ2) is 7.51. The van der Waals surface area contributed by atoms with E-state index in [0.29, 0.717) is 26.1 Å². The fraction of sp³-hybridized carbons (Fsp3) is 0.455. The fourth-order valence-corrected chi connectivity index (χ4v) is 4.47. The van der Waals surface area contributed by atoms with Gasteiger partial charge in [0.05, 0.1) is 6.42 Å². The normalized spacial score (nSPS) is 19.2. The number of carbonyl (C=O) groups excluding carboxylic acids is 2. The number of hydrogen-bond acceptors (Lipinski definition) is 3. The van der Waals surface area contributed by atoms with Gasteiger partial charge in [0.1, 0.15) is 5.82 Å². The number of halogens is 1. The number of benzene rings is 1. The van der Waals surface area contributed by atoms with Gasteiger partial charge < -0.3 is 15.2 Å². The number of hydrogen-bond donors (Lipinski definition) is 1. The molecule has 2 N–H and O–H groups in total. The molecule has 2 aliphatic rings. The average molecular weight is 383 g/mol. The highest BCUT2D eigenvalue weighted by molar-refractivity contribution is 6.01. The first-order valence-electron chi connectivity index (χ1n) is 9.96. The summed E-state index contributed by atoms with van der Waals surface area (Å²) in [5, 5.41) is 0. The molecule has 0 bridgehead atoms. The average Bonchev–Trinajstić information content (AvgIpc) is 3.21. The van der Waals surface area contributed by atoms with Gasteiger partial charge in [0.25, 0.3) is 0 Å². The molecule has 0 radical (unpaired) electrons. The van der Waals surface area contributed by atoms with Crippen molar-refractivity contribution in [2.24, 2.45) is 5.73 Å². The number of rotatable bonds is 4. The van der Waals surface area contributed by atoms with E-state index in [1.54, 1.807) is 17.0 Å². The van der Waals surface area contributed by atoms with E-state index >= 15 is 0 Å². The summed E-state index contributed by atoms with van der Waals surface area (Å²) in [5.41, 5.74) is 10.5. The Balaban J connectivity index is 1.68. The Morgan fingerprint density at radius 2 is 2.00 bits per heavy atom. The zero-order valence-electron chi connectivity index (χ0n) is 16.2. The molecule has 1 aliphatic carbocycles. The third-order valence-corrected chi connectivity index (χ3v) is 6.01. The lowest BCUT2D eigenvalue weighted by molar-refractivity contribution is -0.129. The lowest BCUT2D eigenvalue weighted by atomic mass is 9.92. The molecular weight excluding hydrogens is 357 g/mol. The number of fused-ring (bicyclic) bond motifs is 1. The van der Waals surface area contributed by atoms with Crippen LogP contribution in [0.4, 0.5) is 4.39 Å². The molecule has 1 fully saturated rings. The van der Waals surface area contributed by atoms with E-state index in [-0.39, 0.29) is 30.0 Å². The summed E-state index contributed by atoms with van der Waals surface area (Å²) in [6.07, 6.45) is 3.25. The molecular formula is C22H26FN3O2. The molecule has 2 heterocycles. The number of nitrogens with zero attached hydrogens (tertiary/aromatic N) is 2. The predicted molar refractivity (Wildman–Crippen MR) is 105 cm³/mol. The van der Waals surface area contributed by atoms with Crippen molar-refractivity contribution in [3.8, 4) is 0 Å². The number of Topliss-reactive ketones (excluding diaryl/α,β-unsaturated/α-hetero) is 1. The maximum Gasteiger partial charge on any atom is 0.227 e. The highest BCUT2D eigenvalue weighted by Crippen LogP contribution is 2.31. The molecule has 0 saturated carbocycles. The SMILES string of the molecule is Cc1c(CC(=O)N2CCC(N)C2)c2c(n1Cc1ccc(F)cc1)CCCC2=O. The summed E-state index contributed by atoms with van der Waals surface area (Å²) in [4.78, 5) is 27.3. The van der Waals surface area contributed by atoms with Crippen molar-refractivity contribution < 1.29 is 14.0 Å². The molecule has 1 amide bonds. The Morgan fingerprint density at radius 3 is 2.68 bits per heavy atom. The lowest BCUT2D eigenvalue weighted by Gasteiger charge is -2.17. The minimum absolute atomic E-state index is 0.0381. The smallest absolute Gasteiger partial charge is 0.227 e. The first-order valence-corrected chi connectivity index (χ1v) is 9.96. The van der Waals surface area contributed by atoms with Gasteiger partial charge in [-0.3, -0.25) is 9.59 Å². The molecule has 5 nitrogen and oxygen atoms in total. The monoisotopic (exact) mass is 383 g/mol. The van der Waals surface area contributed by atoms with Crippen LogP contribution in [0.25, 0.3) is 0 Å². The molecule has 1 atom stereocenters. The molecule has 148 valence electrons. The van der Waals surface area contributed by atoms with Gasteiger partial charge in [-0.05, 0) is 49.4 Å². The van der Waals surface area contributed by atoms with Gasteiger partial charge in [0, 0.05) is 49.0 Å². The van der Waals surface area contributed by atoms with Crippen molar-refractivity contribution in [1.29, 1.82) is 0 Å². The Bertz CT molecular complexity index is 917. The Hall–Kier alpha value is -2.47. The number of likely N-dealkylation sites (tertiary alicyclic amines) is 1. The van der Waals surface area contributed by atoms with Gasteiger partial charge in [-0.15, -0.1) is 0 Å². The molecule has 1 saturated heterocycles. The molecule has 1 aromatic heterocycles. The molecule has 1 aromatic carbocycles. The van der Waals surface area contributed by atoms with Gasteiger partial charge in [-0.1, -0.05) is 12.1 Å².